The van der Waals surface area contributed by atoms with Gasteiger partial charge in [0.25, 0.3) is 0 Å². The van der Waals surface area contributed by atoms with E-state index < -0.39 is 0 Å². The van der Waals surface area contributed by atoms with E-state index in [-0.39, 0.29) is 5.97 Å². The van der Waals surface area contributed by atoms with Gasteiger partial charge in [0.1, 0.15) is 12.4 Å². The molecule has 0 spiro atoms. The van der Waals surface area contributed by atoms with E-state index in [1.807, 2.05) is 0 Å². The topological polar surface area (TPSA) is 64.8 Å². The van der Waals surface area contributed by atoms with Crippen molar-refractivity contribution in [3.8, 4) is 5.75 Å². The Balaban J connectivity index is 2.01. The third-order valence-electron chi connectivity index (χ3n) is 3.88. The number of carbonyl (C=O) groups excluding carboxylic acids is 1. The highest BCUT2D eigenvalue weighted by Crippen LogP contribution is 2.25. The third kappa shape index (κ3) is 4.11. The molecule has 1 saturated heterocycles. The molecule has 2 N–H and O–H groups in total. The summed E-state index contributed by atoms with van der Waals surface area (Å²) in [7, 11) is 2.12. The van der Waals surface area contributed by atoms with Gasteiger partial charge < -0.3 is 20.1 Å². The molecule has 1 aliphatic heterocycles. The highest BCUT2D eigenvalue weighted by molar-refractivity contribution is 5.90. The SMILES string of the molecule is CCOC(=O)c1ccc(N)c(OCC2CCCCN2C)c1. The molecule has 0 radical (unpaired) electrons. The highest BCUT2D eigenvalue weighted by atomic mass is 16.5. The summed E-state index contributed by atoms with van der Waals surface area (Å²) in [6, 6.07) is 5.42. The zero-order chi connectivity index (χ0) is 15.2. The van der Waals surface area contributed by atoms with Crippen LogP contribution < -0.4 is 10.5 Å². The van der Waals surface area contributed by atoms with Crippen LogP contribution in [0.15, 0.2) is 18.2 Å². The largest absolute Gasteiger partial charge is 0.490 e. The first-order chi connectivity index (χ1) is 10.1. The Morgan fingerprint density at radius 1 is 1.43 bits per heavy atom. The number of anilines is 1. The number of nitrogens with two attached hydrogens (primary N) is 1. The second-order valence-electron chi connectivity index (χ2n) is 5.41. The molecule has 1 aliphatic rings. The van der Waals surface area contributed by atoms with Crippen molar-refractivity contribution in [2.24, 2.45) is 0 Å². The molecule has 0 aliphatic carbocycles. The van der Waals surface area contributed by atoms with E-state index in [1.165, 1.54) is 12.8 Å². The fraction of sp³-hybridized carbons (Fsp3) is 0.562. The van der Waals surface area contributed by atoms with E-state index in [0.717, 1.165) is 13.0 Å². The molecular formula is C16H24N2O3. The average Bonchev–Trinajstić information content (AvgIpc) is 2.48. The van der Waals surface area contributed by atoms with E-state index in [9.17, 15) is 4.79 Å². The minimum Gasteiger partial charge on any atom is -0.490 e. The average molecular weight is 292 g/mol. The van der Waals surface area contributed by atoms with Gasteiger partial charge in [-0.1, -0.05) is 6.42 Å². The highest BCUT2D eigenvalue weighted by Gasteiger charge is 2.20. The van der Waals surface area contributed by atoms with Crippen LogP contribution in [0.25, 0.3) is 0 Å². The van der Waals surface area contributed by atoms with E-state index in [2.05, 4.69) is 11.9 Å². The van der Waals surface area contributed by atoms with E-state index in [1.54, 1.807) is 25.1 Å². The maximum Gasteiger partial charge on any atom is 0.338 e. The molecule has 5 heteroatoms. The van der Waals surface area contributed by atoms with Crippen molar-refractivity contribution in [1.82, 2.24) is 4.90 Å². The number of nitrogens with zero attached hydrogens (tertiary/aromatic N) is 1. The van der Waals surface area contributed by atoms with Crippen LogP contribution in [0.5, 0.6) is 5.75 Å². The molecule has 0 amide bonds. The second-order valence-corrected chi connectivity index (χ2v) is 5.41. The standard InChI is InChI=1S/C16H24N2O3/c1-3-20-16(19)12-7-8-14(17)15(10-12)21-11-13-6-4-5-9-18(13)2/h7-8,10,13H,3-6,9,11,17H2,1-2H3. The summed E-state index contributed by atoms with van der Waals surface area (Å²) in [6.45, 7) is 3.83. The zero-order valence-corrected chi connectivity index (χ0v) is 12.8. The number of nitrogen functional groups attached to an aromatic ring is 1. The number of hydrogen-bond acceptors (Lipinski definition) is 5. The monoisotopic (exact) mass is 292 g/mol. The van der Waals surface area contributed by atoms with Crippen molar-refractivity contribution in [3.63, 3.8) is 0 Å². The van der Waals surface area contributed by atoms with Crippen LogP contribution in [0.1, 0.15) is 36.5 Å². The Hall–Kier alpha value is -1.75. The molecule has 1 fully saturated rings. The van der Waals surface area contributed by atoms with Gasteiger partial charge in [0.15, 0.2) is 0 Å². The van der Waals surface area contributed by atoms with Crippen LogP contribution in [0.3, 0.4) is 0 Å². The second kappa shape index (κ2) is 7.31. The molecule has 1 atom stereocenters. The summed E-state index contributed by atoms with van der Waals surface area (Å²) in [5.74, 6) is 0.205. The first-order valence-corrected chi connectivity index (χ1v) is 7.51. The summed E-state index contributed by atoms with van der Waals surface area (Å²) < 4.78 is 10.8. The summed E-state index contributed by atoms with van der Waals surface area (Å²) >= 11 is 0. The van der Waals surface area contributed by atoms with Crippen molar-refractivity contribution in [1.29, 1.82) is 0 Å². The first-order valence-electron chi connectivity index (χ1n) is 7.51. The number of piperidine rings is 1. The Labute approximate surface area is 126 Å². The van der Waals surface area contributed by atoms with Gasteiger partial charge in [-0.05, 0) is 51.6 Å². The molecule has 21 heavy (non-hydrogen) atoms. The van der Waals surface area contributed by atoms with E-state index >= 15 is 0 Å². The summed E-state index contributed by atoms with van der Waals surface area (Å²) in [6.07, 6.45) is 3.61. The van der Waals surface area contributed by atoms with Crippen LogP contribution in [-0.2, 0) is 4.74 Å². The van der Waals surface area contributed by atoms with Crippen LogP contribution in [0, 0.1) is 0 Å². The Bertz CT molecular complexity index is 490. The molecule has 1 aromatic carbocycles. The summed E-state index contributed by atoms with van der Waals surface area (Å²) in [4.78, 5) is 14.1. The van der Waals surface area contributed by atoms with Crippen molar-refractivity contribution in [3.05, 3.63) is 23.8 Å². The molecule has 0 bridgehead atoms. The number of carbonyl (C=O) groups is 1. The van der Waals surface area contributed by atoms with Crippen molar-refractivity contribution in [2.75, 3.05) is 32.5 Å². The minimum atomic E-state index is -0.350. The molecular weight excluding hydrogens is 268 g/mol. The van der Waals surface area contributed by atoms with Crippen LogP contribution >= 0.6 is 0 Å². The van der Waals surface area contributed by atoms with Crippen LogP contribution in [-0.4, -0.2) is 43.7 Å². The maximum atomic E-state index is 11.7. The minimum absolute atomic E-state index is 0.350. The summed E-state index contributed by atoms with van der Waals surface area (Å²) in [5.41, 5.74) is 6.94. The van der Waals surface area contributed by atoms with Crippen LogP contribution in [0.4, 0.5) is 5.69 Å². The number of benzene rings is 1. The number of ether oxygens (including phenoxy) is 2. The van der Waals surface area contributed by atoms with Crippen molar-refractivity contribution in [2.45, 2.75) is 32.2 Å². The van der Waals surface area contributed by atoms with Gasteiger partial charge in [-0.3, -0.25) is 0 Å². The van der Waals surface area contributed by atoms with Crippen molar-refractivity contribution < 1.29 is 14.3 Å². The number of likely N-dealkylation sites (N-methyl/N-ethyl adjacent to an activating group) is 1. The maximum absolute atomic E-state index is 11.7. The lowest BCUT2D eigenvalue weighted by Crippen LogP contribution is -2.40. The Morgan fingerprint density at radius 3 is 2.95 bits per heavy atom. The van der Waals surface area contributed by atoms with Crippen LogP contribution in [0.2, 0.25) is 0 Å². The third-order valence-corrected chi connectivity index (χ3v) is 3.88. The van der Waals surface area contributed by atoms with Gasteiger partial charge in [-0.25, -0.2) is 4.79 Å². The number of rotatable bonds is 5. The van der Waals surface area contributed by atoms with Gasteiger partial charge in [-0.15, -0.1) is 0 Å². The lowest BCUT2D eigenvalue weighted by atomic mass is 10.0. The van der Waals surface area contributed by atoms with E-state index in [4.69, 9.17) is 15.2 Å². The number of likely N-dealkylation sites (tertiary alicyclic amines) is 1. The molecule has 0 saturated carbocycles. The molecule has 0 aromatic heterocycles. The van der Waals surface area contributed by atoms with Gasteiger partial charge in [0, 0.05) is 6.04 Å². The quantitative estimate of drug-likeness (QED) is 0.666. The number of hydrogen-bond donors (Lipinski definition) is 1. The van der Waals surface area contributed by atoms with Gasteiger partial charge in [0.05, 0.1) is 17.9 Å². The fourth-order valence-corrected chi connectivity index (χ4v) is 2.54. The molecule has 116 valence electrons. The normalized spacial score (nSPS) is 19.2. The number of esters is 1. The predicted molar refractivity (Wildman–Crippen MR) is 82.6 cm³/mol. The van der Waals surface area contributed by atoms with E-state index in [0.29, 0.717) is 36.3 Å². The summed E-state index contributed by atoms with van der Waals surface area (Å²) in [5, 5.41) is 0. The van der Waals surface area contributed by atoms with Gasteiger partial charge in [-0.2, -0.15) is 0 Å². The fourth-order valence-electron chi connectivity index (χ4n) is 2.54. The van der Waals surface area contributed by atoms with Crippen molar-refractivity contribution >= 4 is 11.7 Å². The zero-order valence-electron chi connectivity index (χ0n) is 12.8. The molecule has 1 aromatic rings. The predicted octanol–water partition coefficient (Wildman–Crippen LogP) is 2.31. The molecule has 1 heterocycles. The Kier molecular flexibility index (Phi) is 5.44. The molecule has 1 unspecified atom stereocenters. The molecule has 2 rings (SSSR count). The smallest absolute Gasteiger partial charge is 0.338 e. The lowest BCUT2D eigenvalue weighted by molar-refractivity contribution is 0.0525. The van der Waals surface area contributed by atoms with Gasteiger partial charge in [0.2, 0.25) is 0 Å². The van der Waals surface area contributed by atoms with Gasteiger partial charge >= 0.3 is 5.97 Å². The Morgan fingerprint density at radius 2 is 2.24 bits per heavy atom. The first kappa shape index (κ1) is 15.6. The molecule has 5 nitrogen and oxygen atoms in total. The lowest BCUT2D eigenvalue weighted by Gasteiger charge is -2.32.